The first-order valence-electron chi connectivity index (χ1n) is 10.4. The highest BCUT2D eigenvalue weighted by atomic mass is 16.3. The monoisotopic (exact) mass is 418 g/mol. The number of furan rings is 1. The molecule has 0 spiro atoms. The number of carbonyl (C=O) groups excluding carboxylic acids is 2. The Kier molecular flexibility index (Phi) is 5.65. The van der Waals surface area contributed by atoms with Crippen LogP contribution in [0.2, 0.25) is 0 Å². The summed E-state index contributed by atoms with van der Waals surface area (Å²) in [5.74, 6) is -1.37. The summed E-state index contributed by atoms with van der Waals surface area (Å²) < 4.78 is 5.76. The predicted molar refractivity (Wildman–Crippen MR) is 119 cm³/mol. The van der Waals surface area contributed by atoms with E-state index in [2.05, 4.69) is 0 Å². The first kappa shape index (κ1) is 20.9. The number of hydrogen-bond acceptors (Lipinski definition) is 5. The molecule has 1 N–H and O–H groups in total. The van der Waals surface area contributed by atoms with Crippen LogP contribution in [0.5, 0.6) is 0 Å². The van der Waals surface area contributed by atoms with Crippen molar-refractivity contribution in [3.05, 3.63) is 82.8 Å². The average molecular weight is 418 g/mol. The summed E-state index contributed by atoms with van der Waals surface area (Å²) >= 11 is 0. The fraction of sp³-hybridized carbons (Fsp3) is 0.280. The summed E-state index contributed by atoms with van der Waals surface area (Å²) in [6, 6.07) is 16.0. The van der Waals surface area contributed by atoms with Crippen LogP contribution in [0.1, 0.15) is 34.1 Å². The molecule has 1 aromatic heterocycles. The molecule has 0 aliphatic carbocycles. The molecule has 0 radical (unpaired) electrons. The van der Waals surface area contributed by atoms with Crippen LogP contribution in [0.3, 0.4) is 0 Å². The van der Waals surface area contributed by atoms with Gasteiger partial charge in [0.15, 0.2) is 11.5 Å². The van der Waals surface area contributed by atoms with E-state index >= 15 is 0 Å². The minimum atomic E-state index is -0.656. The first-order chi connectivity index (χ1) is 14.9. The third-order valence-corrected chi connectivity index (χ3v) is 5.69. The van der Waals surface area contributed by atoms with Crippen molar-refractivity contribution in [2.45, 2.75) is 19.4 Å². The molecular weight excluding hydrogens is 392 g/mol. The summed E-state index contributed by atoms with van der Waals surface area (Å²) in [6.07, 6.45) is 0.723. The number of ketones is 1. The van der Waals surface area contributed by atoms with E-state index in [-0.39, 0.29) is 11.3 Å². The Bertz CT molecular complexity index is 1140. The molecule has 0 saturated carbocycles. The van der Waals surface area contributed by atoms with Gasteiger partial charge in [0, 0.05) is 11.9 Å². The zero-order valence-electron chi connectivity index (χ0n) is 18.0. The Labute approximate surface area is 181 Å². The molecule has 2 heterocycles. The number of aliphatic hydroxyl groups excluding tert-OH is 1. The van der Waals surface area contributed by atoms with Gasteiger partial charge in [-0.2, -0.15) is 0 Å². The van der Waals surface area contributed by atoms with E-state index in [0.717, 1.165) is 29.5 Å². The zero-order chi connectivity index (χ0) is 22.1. The van der Waals surface area contributed by atoms with E-state index in [1.54, 1.807) is 17.0 Å². The Morgan fingerprint density at radius 1 is 1.13 bits per heavy atom. The summed E-state index contributed by atoms with van der Waals surface area (Å²) in [5, 5.41) is 11.6. The lowest BCUT2D eigenvalue weighted by atomic mass is 9.92. The van der Waals surface area contributed by atoms with Crippen molar-refractivity contribution in [2.24, 2.45) is 0 Å². The van der Waals surface area contributed by atoms with Gasteiger partial charge in [0.1, 0.15) is 5.58 Å². The van der Waals surface area contributed by atoms with E-state index in [9.17, 15) is 14.7 Å². The van der Waals surface area contributed by atoms with Crippen molar-refractivity contribution >= 4 is 22.7 Å². The second-order valence-electron chi connectivity index (χ2n) is 8.15. The maximum Gasteiger partial charge on any atom is 0.290 e. The Balaban J connectivity index is 1.76. The number of nitrogens with zero attached hydrogens (tertiary/aromatic N) is 2. The van der Waals surface area contributed by atoms with Crippen LogP contribution in [0, 0.1) is 6.92 Å². The molecule has 2 aromatic carbocycles. The summed E-state index contributed by atoms with van der Waals surface area (Å²) in [5.41, 5.74) is 2.43. The van der Waals surface area contributed by atoms with Gasteiger partial charge in [0.25, 0.3) is 5.91 Å². The minimum Gasteiger partial charge on any atom is -0.503 e. The number of para-hydroxylation sites is 1. The molecule has 160 valence electrons. The Hall–Kier alpha value is -3.38. The molecule has 4 rings (SSSR count). The molecule has 0 saturated heterocycles. The van der Waals surface area contributed by atoms with Gasteiger partial charge in [0.05, 0.1) is 11.6 Å². The summed E-state index contributed by atoms with van der Waals surface area (Å²) in [4.78, 5) is 30.1. The van der Waals surface area contributed by atoms with Gasteiger partial charge in [-0.15, -0.1) is 0 Å². The number of aryl methyl sites for hydroxylation is 1. The van der Waals surface area contributed by atoms with Crippen LogP contribution < -0.4 is 0 Å². The number of benzene rings is 2. The molecular formula is C25H26N2O4. The van der Waals surface area contributed by atoms with Gasteiger partial charge >= 0.3 is 0 Å². The summed E-state index contributed by atoms with van der Waals surface area (Å²) in [6.45, 7) is 3.16. The standard InChI is InChI=1S/C25H26N2O4/c1-16-9-4-6-11-18(16)22-21(24(29)25(30)27(22)14-8-13-26(2)3)23(28)20-15-17-10-5-7-12-19(17)31-20/h4-7,9-12,15,22,29H,8,13-14H2,1-3H3. The topological polar surface area (TPSA) is 74.0 Å². The highest BCUT2D eigenvalue weighted by molar-refractivity contribution is 6.16. The van der Waals surface area contributed by atoms with Gasteiger partial charge in [-0.05, 0) is 57.2 Å². The van der Waals surface area contributed by atoms with Crippen molar-refractivity contribution in [3.63, 3.8) is 0 Å². The van der Waals surface area contributed by atoms with Gasteiger partial charge in [-0.3, -0.25) is 9.59 Å². The predicted octanol–water partition coefficient (Wildman–Crippen LogP) is 4.27. The Morgan fingerprint density at radius 3 is 2.55 bits per heavy atom. The van der Waals surface area contributed by atoms with Crippen LogP contribution in [0.15, 0.2) is 70.3 Å². The third kappa shape index (κ3) is 3.86. The second kappa shape index (κ2) is 8.40. The van der Waals surface area contributed by atoms with Gasteiger partial charge in [-0.25, -0.2) is 0 Å². The highest BCUT2D eigenvalue weighted by Gasteiger charge is 2.44. The number of fused-ring (bicyclic) bond motifs is 1. The second-order valence-corrected chi connectivity index (χ2v) is 8.15. The number of rotatable bonds is 7. The van der Waals surface area contributed by atoms with Gasteiger partial charge in [-0.1, -0.05) is 42.5 Å². The smallest absolute Gasteiger partial charge is 0.290 e. The lowest BCUT2D eigenvalue weighted by Gasteiger charge is -2.28. The number of hydrogen-bond donors (Lipinski definition) is 1. The fourth-order valence-electron chi connectivity index (χ4n) is 4.12. The van der Waals surface area contributed by atoms with Crippen molar-refractivity contribution in [1.82, 2.24) is 9.80 Å². The minimum absolute atomic E-state index is 0.0724. The van der Waals surface area contributed by atoms with Crippen molar-refractivity contribution in [2.75, 3.05) is 27.2 Å². The normalized spacial score (nSPS) is 16.7. The fourth-order valence-corrected chi connectivity index (χ4v) is 4.12. The van der Waals surface area contributed by atoms with E-state index in [4.69, 9.17) is 4.42 Å². The van der Waals surface area contributed by atoms with Gasteiger partial charge < -0.3 is 19.3 Å². The number of amides is 1. The van der Waals surface area contributed by atoms with Crippen LogP contribution in [0.4, 0.5) is 0 Å². The van der Waals surface area contributed by atoms with E-state index in [1.165, 1.54) is 0 Å². The van der Waals surface area contributed by atoms with Gasteiger partial charge in [0.2, 0.25) is 5.78 Å². The molecule has 1 aliphatic heterocycles. The van der Waals surface area contributed by atoms with E-state index < -0.39 is 23.5 Å². The van der Waals surface area contributed by atoms with Crippen LogP contribution in [-0.2, 0) is 4.79 Å². The molecule has 31 heavy (non-hydrogen) atoms. The molecule has 1 unspecified atom stereocenters. The van der Waals surface area contributed by atoms with Crippen molar-refractivity contribution in [1.29, 1.82) is 0 Å². The maximum atomic E-state index is 13.5. The molecule has 6 nitrogen and oxygen atoms in total. The lowest BCUT2D eigenvalue weighted by Crippen LogP contribution is -2.33. The first-order valence-corrected chi connectivity index (χ1v) is 10.4. The number of carbonyl (C=O) groups is 2. The highest BCUT2D eigenvalue weighted by Crippen LogP contribution is 2.40. The van der Waals surface area contributed by atoms with E-state index in [0.29, 0.717) is 12.1 Å². The number of Topliss-reactive ketones (excluding diaryl/α,β-unsaturated/α-hetero) is 1. The SMILES string of the molecule is Cc1ccccc1C1C(C(=O)c2cc3ccccc3o2)=C(O)C(=O)N1CCCN(C)C. The molecule has 1 atom stereocenters. The molecule has 1 aliphatic rings. The van der Waals surface area contributed by atoms with Crippen molar-refractivity contribution < 1.29 is 19.1 Å². The largest absolute Gasteiger partial charge is 0.503 e. The molecule has 6 heteroatoms. The maximum absolute atomic E-state index is 13.5. The van der Waals surface area contributed by atoms with Crippen LogP contribution in [-0.4, -0.2) is 53.8 Å². The quantitative estimate of drug-likeness (QED) is 0.580. The van der Waals surface area contributed by atoms with E-state index in [1.807, 2.05) is 68.4 Å². The number of aliphatic hydroxyl groups is 1. The molecule has 1 amide bonds. The lowest BCUT2D eigenvalue weighted by molar-refractivity contribution is -0.129. The third-order valence-electron chi connectivity index (χ3n) is 5.69. The average Bonchev–Trinajstić information content (AvgIpc) is 3.28. The van der Waals surface area contributed by atoms with Crippen LogP contribution in [0.25, 0.3) is 11.0 Å². The molecule has 3 aromatic rings. The summed E-state index contributed by atoms with van der Waals surface area (Å²) in [7, 11) is 3.94. The van der Waals surface area contributed by atoms with Crippen LogP contribution >= 0.6 is 0 Å². The molecule has 0 bridgehead atoms. The molecule has 0 fully saturated rings. The Morgan fingerprint density at radius 2 is 1.84 bits per heavy atom. The van der Waals surface area contributed by atoms with Crippen molar-refractivity contribution in [3.8, 4) is 0 Å². The zero-order valence-corrected chi connectivity index (χ0v) is 18.0.